The number of carbonyl (C=O) groups excluding carboxylic acids is 1. The molecular weight excluding hydrogens is 248 g/mol. The van der Waals surface area contributed by atoms with E-state index in [0.717, 1.165) is 21.8 Å². The van der Waals surface area contributed by atoms with Gasteiger partial charge in [-0.3, -0.25) is 4.79 Å². The van der Waals surface area contributed by atoms with Crippen molar-refractivity contribution < 1.29 is 4.79 Å². The van der Waals surface area contributed by atoms with Crippen LogP contribution in [0.5, 0.6) is 0 Å². The highest BCUT2D eigenvalue weighted by Crippen LogP contribution is 2.27. The van der Waals surface area contributed by atoms with Crippen molar-refractivity contribution in [3.8, 4) is 0 Å². The van der Waals surface area contributed by atoms with Crippen LogP contribution in [0.4, 0.5) is 0 Å². The van der Waals surface area contributed by atoms with Crippen LogP contribution < -0.4 is 0 Å². The number of aromatic nitrogens is 2. The van der Waals surface area contributed by atoms with Gasteiger partial charge >= 0.3 is 0 Å². The second kappa shape index (κ2) is 4.10. The number of benzene rings is 2. The van der Waals surface area contributed by atoms with Gasteiger partial charge in [0.05, 0.1) is 17.6 Å². The molecule has 0 unspecified atom stereocenters. The second-order valence-electron chi connectivity index (χ2n) is 4.32. The van der Waals surface area contributed by atoms with E-state index in [9.17, 15) is 4.79 Å². The van der Waals surface area contributed by atoms with E-state index in [4.69, 9.17) is 11.6 Å². The first kappa shape index (κ1) is 11.2. The van der Waals surface area contributed by atoms with E-state index in [1.807, 2.05) is 36.4 Å². The van der Waals surface area contributed by atoms with Crippen molar-refractivity contribution in [3.05, 3.63) is 41.7 Å². The quantitative estimate of drug-likeness (QED) is 0.706. The Morgan fingerprint density at radius 3 is 2.83 bits per heavy atom. The van der Waals surface area contributed by atoms with Gasteiger partial charge in [0, 0.05) is 5.39 Å². The maximum atomic E-state index is 11.3. The van der Waals surface area contributed by atoms with Crippen molar-refractivity contribution >= 4 is 39.2 Å². The minimum atomic E-state index is 0.0596. The van der Waals surface area contributed by atoms with E-state index in [1.165, 1.54) is 0 Å². The third kappa shape index (κ3) is 1.68. The first-order chi connectivity index (χ1) is 8.66. The van der Waals surface area contributed by atoms with Crippen LogP contribution in [0, 0.1) is 0 Å². The van der Waals surface area contributed by atoms with Crippen LogP contribution in [0.3, 0.4) is 0 Å². The normalized spacial score (nSPS) is 11.2. The van der Waals surface area contributed by atoms with Gasteiger partial charge < -0.3 is 4.57 Å². The molecule has 0 aliphatic heterocycles. The Hall–Kier alpha value is -1.87. The molecule has 0 aliphatic carbocycles. The van der Waals surface area contributed by atoms with E-state index in [1.54, 1.807) is 11.5 Å². The Morgan fingerprint density at radius 2 is 2.06 bits per heavy atom. The van der Waals surface area contributed by atoms with Crippen LogP contribution >= 0.6 is 11.6 Å². The predicted molar refractivity (Wildman–Crippen MR) is 72.9 cm³/mol. The Kier molecular flexibility index (Phi) is 2.56. The number of nitrogens with zero attached hydrogens (tertiary/aromatic N) is 2. The zero-order chi connectivity index (χ0) is 12.7. The molecule has 0 aliphatic rings. The summed E-state index contributed by atoms with van der Waals surface area (Å²) in [7, 11) is 0. The number of rotatable bonds is 2. The molecule has 1 heterocycles. The largest absolute Gasteiger partial charge is 0.307 e. The summed E-state index contributed by atoms with van der Waals surface area (Å²) in [6, 6.07) is 12.0. The average molecular weight is 259 g/mol. The molecule has 0 bridgehead atoms. The van der Waals surface area contributed by atoms with Gasteiger partial charge in [0.2, 0.25) is 5.28 Å². The third-order valence-corrected chi connectivity index (χ3v) is 3.27. The lowest BCUT2D eigenvalue weighted by molar-refractivity contribution is -0.117. The lowest BCUT2D eigenvalue weighted by Gasteiger charge is -2.03. The third-order valence-electron chi connectivity index (χ3n) is 2.98. The van der Waals surface area contributed by atoms with Crippen molar-refractivity contribution in [1.29, 1.82) is 0 Å². The SMILES string of the molecule is CC(=O)Cn1c(Cl)nc2c3ccccc3ccc21. The Morgan fingerprint density at radius 1 is 1.28 bits per heavy atom. The number of imidazole rings is 1. The summed E-state index contributed by atoms with van der Waals surface area (Å²) in [4.78, 5) is 15.6. The topological polar surface area (TPSA) is 34.9 Å². The fourth-order valence-electron chi connectivity index (χ4n) is 2.20. The molecule has 0 N–H and O–H groups in total. The molecular formula is C14H11ClN2O. The maximum Gasteiger partial charge on any atom is 0.204 e. The summed E-state index contributed by atoms with van der Waals surface area (Å²) in [6.07, 6.45) is 0. The number of Topliss-reactive ketones (excluding diaryl/α,β-unsaturated/α-hetero) is 1. The summed E-state index contributed by atoms with van der Waals surface area (Å²) in [5.74, 6) is 0.0596. The van der Waals surface area contributed by atoms with E-state index in [-0.39, 0.29) is 12.3 Å². The van der Waals surface area contributed by atoms with E-state index in [0.29, 0.717) is 5.28 Å². The minimum Gasteiger partial charge on any atom is -0.307 e. The van der Waals surface area contributed by atoms with E-state index >= 15 is 0 Å². The molecule has 1 aromatic heterocycles. The Balaban J connectivity index is 2.37. The molecule has 0 saturated heterocycles. The number of hydrogen-bond donors (Lipinski definition) is 0. The molecule has 3 rings (SSSR count). The molecule has 3 nitrogen and oxygen atoms in total. The van der Waals surface area contributed by atoms with Gasteiger partial charge in [-0.2, -0.15) is 0 Å². The molecule has 0 atom stereocenters. The lowest BCUT2D eigenvalue weighted by Crippen LogP contribution is -2.05. The van der Waals surface area contributed by atoms with Crippen LogP contribution in [-0.4, -0.2) is 15.3 Å². The number of hydrogen-bond acceptors (Lipinski definition) is 2. The number of ketones is 1. The van der Waals surface area contributed by atoms with Gasteiger partial charge in [-0.1, -0.05) is 30.3 Å². The van der Waals surface area contributed by atoms with Crippen molar-refractivity contribution in [3.63, 3.8) is 0 Å². The van der Waals surface area contributed by atoms with Crippen molar-refractivity contribution in [2.45, 2.75) is 13.5 Å². The first-order valence-corrected chi connectivity index (χ1v) is 6.07. The molecule has 0 fully saturated rings. The fourth-order valence-corrected chi connectivity index (χ4v) is 2.44. The van der Waals surface area contributed by atoms with Crippen molar-refractivity contribution in [2.75, 3.05) is 0 Å². The van der Waals surface area contributed by atoms with Crippen molar-refractivity contribution in [2.24, 2.45) is 0 Å². The monoisotopic (exact) mass is 258 g/mol. The van der Waals surface area contributed by atoms with Crippen LogP contribution in [0.25, 0.3) is 21.8 Å². The van der Waals surface area contributed by atoms with Crippen molar-refractivity contribution in [1.82, 2.24) is 9.55 Å². The van der Waals surface area contributed by atoms with Gasteiger partial charge in [0.15, 0.2) is 0 Å². The van der Waals surface area contributed by atoms with Crippen LogP contribution in [-0.2, 0) is 11.3 Å². The Bertz CT molecular complexity index is 761. The summed E-state index contributed by atoms with van der Waals surface area (Å²) in [5, 5.41) is 2.53. The predicted octanol–water partition coefficient (Wildman–Crippen LogP) is 3.43. The van der Waals surface area contributed by atoms with Gasteiger partial charge in [-0.25, -0.2) is 4.98 Å². The molecule has 18 heavy (non-hydrogen) atoms. The van der Waals surface area contributed by atoms with Crippen LogP contribution in [0.15, 0.2) is 36.4 Å². The van der Waals surface area contributed by atoms with E-state index < -0.39 is 0 Å². The fraction of sp³-hybridized carbons (Fsp3) is 0.143. The number of halogens is 1. The standard InChI is InChI=1S/C14H11ClN2O/c1-9(18)8-17-12-7-6-10-4-2-3-5-11(10)13(12)16-14(17)15/h2-7H,8H2,1H3. The van der Waals surface area contributed by atoms with Gasteiger partial charge in [0.1, 0.15) is 5.78 Å². The van der Waals surface area contributed by atoms with Crippen LogP contribution in [0.1, 0.15) is 6.92 Å². The number of fused-ring (bicyclic) bond motifs is 3. The second-order valence-corrected chi connectivity index (χ2v) is 4.66. The lowest BCUT2D eigenvalue weighted by atomic mass is 10.1. The molecule has 90 valence electrons. The summed E-state index contributed by atoms with van der Waals surface area (Å²) in [5.41, 5.74) is 1.74. The Labute approximate surface area is 109 Å². The molecule has 3 aromatic rings. The maximum absolute atomic E-state index is 11.3. The zero-order valence-electron chi connectivity index (χ0n) is 9.85. The first-order valence-electron chi connectivity index (χ1n) is 5.70. The van der Waals surface area contributed by atoms with Gasteiger partial charge in [-0.05, 0) is 30.0 Å². The molecule has 0 radical (unpaired) electrons. The highest BCUT2D eigenvalue weighted by molar-refractivity contribution is 6.29. The summed E-state index contributed by atoms with van der Waals surface area (Å²) in [6.45, 7) is 1.80. The molecule has 0 amide bonds. The van der Waals surface area contributed by atoms with Gasteiger partial charge in [-0.15, -0.1) is 0 Å². The average Bonchev–Trinajstić information content (AvgIpc) is 2.66. The zero-order valence-corrected chi connectivity index (χ0v) is 10.6. The molecule has 4 heteroatoms. The molecule has 2 aromatic carbocycles. The summed E-state index contributed by atoms with van der Waals surface area (Å²) < 4.78 is 1.74. The van der Waals surface area contributed by atoms with Crippen LogP contribution in [0.2, 0.25) is 5.28 Å². The molecule has 0 saturated carbocycles. The van der Waals surface area contributed by atoms with Gasteiger partial charge in [0.25, 0.3) is 0 Å². The number of carbonyl (C=O) groups is 1. The highest BCUT2D eigenvalue weighted by Gasteiger charge is 2.12. The minimum absolute atomic E-state index is 0.0596. The van der Waals surface area contributed by atoms with E-state index in [2.05, 4.69) is 4.98 Å². The molecule has 0 spiro atoms. The highest BCUT2D eigenvalue weighted by atomic mass is 35.5. The summed E-state index contributed by atoms with van der Waals surface area (Å²) >= 11 is 6.11. The smallest absolute Gasteiger partial charge is 0.204 e.